The molecule has 1 aliphatic heterocycles. The number of hydrogen-bond donors (Lipinski definition) is 3. The molecule has 0 saturated carbocycles. The van der Waals surface area contributed by atoms with Crippen molar-refractivity contribution in [1.29, 1.82) is 0 Å². The molecule has 0 aromatic rings. The zero-order valence-electron chi connectivity index (χ0n) is 11.5. The normalized spacial score (nSPS) is 24.6. The first-order valence-electron chi connectivity index (χ1n) is 6.74. The van der Waals surface area contributed by atoms with Crippen molar-refractivity contribution in [2.45, 2.75) is 58.5 Å². The standard InChI is InChI=1S/C13H24N2O3/c1-4-13(5-2,12(17)18)11(16)15-10-7-6-9(3)14-8-10/h9-10,14H,4-8H2,1-3H3,(H,15,16)(H,17,18). The van der Waals surface area contributed by atoms with Crippen molar-refractivity contribution < 1.29 is 14.7 Å². The quantitative estimate of drug-likeness (QED) is 0.644. The molecule has 18 heavy (non-hydrogen) atoms. The number of carbonyl (C=O) groups excluding carboxylic acids is 1. The van der Waals surface area contributed by atoms with Crippen molar-refractivity contribution in [1.82, 2.24) is 10.6 Å². The third-order valence-corrected chi connectivity index (χ3v) is 4.05. The Morgan fingerprint density at radius 3 is 2.33 bits per heavy atom. The topological polar surface area (TPSA) is 78.4 Å². The second-order valence-corrected chi connectivity index (χ2v) is 5.15. The van der Waals surface area contributed by atoms with Crippen molar-refractivity contribution in [2.75, 3.05) is 6.54 Å². The molecule has 2 unspecified atom stereocenters. The zero-order chi connectivity index (χ0) is 13.8. The highest BCUT2D eigenvalue weighted by Gasteiger charge is 2.43. The van der Waals surface area contributed by atoms with Gasteiger partial charge in [0.25, 0.3) is 0 Å². The van der Waals surface area contributed by atoms with Crippen LogP contribution in [0.25, 0.3) is 0 Å². The lowest BCUT2D eigenvalue weighted by Gasteiger charge is -2.32. The van der Waals surface area contributed by atoms with E-state index in [1.165, 1.54) is 0 Å². The summed E-state index contributed by atoms with van der Waals surface area (Å²) in [6, 6.07) is 0.519. The lowest BCUT2D eigenvalue weighted by atomic mass is 9.81. The van der Waals surface area contributed by atoms with E-state index in [0.29, 0.717) is 18.9 Å². The molecule has 1 aliphatic rings. The molecule has 1 fully saturated rings. The van der Waals surface area contributed by atoms with E-state index in [2.05, 4.69) is 17.6 Å². The van der Waals surface area contributed by atoms with Gasteiger partial charge in [0.2, 0.25) is 5.91 Å². The average Bonchev–Trinajstić information content (AvgIpc) is 2.34. The molecule has 3 N–H and O–H groups in total. The van der Waals surface area contributed by atoms with Gasteiger partial charge in [-0.1, -0.05) is 13.8 Å². The molecule has 1 saturated heterocycles. The van der Waals surface area contributed by atoms with E-state index in [9.17, 15) is 14.7 Å². The second-order valence-electron chi connectivity index (χ2n) is 5.15. The molecule has 1 amide bonds. The van der Waals surface area contributed by atoms with Crippen LogP contribution >= 0.6 is 0 Å². The minimum atomic E-state index is -1.27. The lowest BCUT2D eigenvalue weighted by Crippen LogP contribution is -2.54. The van der Waals surface area contributed by atoms with Gasteiger partial charge in [-0.05, 0) is 32.6 Å². The van der Waals surface area contributed by atoms with E-state index in [0.717, 1.165) is 19.4 Å². The molecule has 1 rings (SSSR count). The molecule has 1 heterocycles. The van der Waals surface area contributed by atoms with Gasteiger partial charge < -0.3 is 15.7 Å². The van der Waals surface area contributed by atoms with Gasteiger partial charge in [0, 0.05) is 18.6 Å². The molecule has 0 bridgehead atoms. The number of carboxylic acids is 1. The molecule has 2 atom stereocenters. The van der Waals surface area contributed by atoms with Crippen molar-refractivity contribution >= 4 is 11.9 Å². The highest BCUT2D eigenvalue weighted by atomic mass is 16.4. The molecule has 5 nitrogen and oxygen atoms in total. The van der Waals surface area contributed by atoms with E-state index in [4.69, 9.17) is 0 Å². The number of hydrogen-bond acceptors (Lipinski definition) is 3. The molecule has 5 heteroatoms. The first-order valence-corrected chi connectivity index (χ1v) is 6.74. The van der Waals surface area contributed by atoms with Crippen molar-refractivity contribution in [3.63, 3.8) is 0 Å². The number of nitrogens with one attached hydrogen (secondary N) is 2. The first-order chi connectivity index (χ1) is 8.46. The van der Waals surface area contributed by atoms with Crippen LogP contribution in [0.5, 0.6) is 0 Å². The Kier molecular flexibility index (Phi) is 5.14. The van der Waals surface area contributed by atoms with Crippen LogP contribution in [0.2, 0.25) is 0 Å². The number of carbonyl (C=O) groups is 2. The SMILES string of the molecule is CCC(CC)(C(=O)O)C(=O)NC1CCC(C)NC1. The van der Waals surface area contributed by atoms with Gasteiger partial charge in [-0.15, -0.1) is 0 Å². The van der Waals surface area contributed by atoms with Crippen LogP contribution in [0.15, 0.2) is 0 Å². The molecular weight excluding hydrogens is 232 g/mol. The number of piperidine rings is 1. The highest BCUT2D eigenvalue weighted by molar-refractivity contribution is 6.01. The van der Waals surface area contributed by atoms with Crippen molar-refractivity contribution in [3.8, 4) is 0 Å². The highest BCUT2D eigenvalue weighted by Crippen LogP contribution is 2.27. The van der Waals surface area contributed by atoms with Gasteiger partial charge in [0.1, 0.15) is 5.41 Å². The van der Waals surface area contributed by atoms with E-state index in [1.54, 1.807) is 13.8 Å². The Labute approximate surface area is 108 Å². The summed E-state index contributed by atoms with van der Waals surface area (Å²) >= 11 is 0. The molecule has 0 aromatic carbocycles. The lowest BCUT2D eigenvalue weighted by molar-refractivity contribution is -0.156. The third kappa shape index (κ3) is 3.02. The summed E-state index contributed by atoms with van der Waals surface area (Å²) in [5.41, 5.74) is -1.27. The van der Waals surface area contributed by atoms with Crippen LogP contribution in [-0.4, -0.2) is 35.6 Å². The van der Waals surface area contributed by atoms with Crippen LogP contribution < -0.4 is 10.6 Å². The molecule has 0 aromatic heterocycles. The average molecular weight is 256 g/mol. The minimum absolute atomic E-state index is 0.0468. The molecule has 0 aliphatic carbocycles. The maximum atomic E-state index is 12.2. The fourth-order valence-electron chi connectivity index (χ4n) is 2.42. The molecule has 0 spiro atoms. The van der Waals surface area contributed by atoms with Gasteiger partial charge in [-0.2, -0.15) is 0 Å². The molecule has 0 radical (unpaired) electrons. The van der Waals surface area contributed by atoms with Crippen LogP contribution in [0.3, 0.4) is 0 Å². The molecular formula is C13H24N2O3. The predicted octanol–water partition coefficient (Wildman–Crippen LogP) is 1.13. The molecule has 104 valence electrons. The fraction of sp³-hybridized carbons (Fsp3) is 0.846. The largest absolute Gasteiger partial charge is 0.480 e. The maximum Gasteiger partial charge on any atom is 0.319 e. The van der Waals surface area contributed by atoms with Gasteiger partial charge >= 0.3 is 5.97 Å². The predicted molar refractivity (Wildman–Crippen MR) is 69.3 cm³/mol. The zero-order valence-corrected chi connectivity index (χ0v) is 11.5. The van der Waals surface area contributed by atoms with Crippen molar-refractivity contribution in [2.24, 2.45) is 5.41 Å². The summed E-state index contributed by atoms with van der Waals surface area (Å²) in [7, 11) is 0. The van der Waals surface area contributed by atoms with Gasteiger partial charge in [0.15, 0.2) is 0 Å². The van der Waals surface area contributed by atoms with E-state index in [-0.39, 0.29) is 11.9 Å². The van der Waals surface area contributed by atoms with Crippen LogP contribution in [0, 0.1) is 5.41 Å². The van der Waals surface area contributed by atoms with Crippen LogP contribution in [0.1, 0.15) is 46.5 Å². The summed E-state index contributed by atoms with van der Waals surface area (Å²) in [4.78, 5) is 23.5. The van der Waals surface area contributed by atoms with Gasteiger partial charge in [-0.3, -0.25) is 9.59 Å². The van der Waals surface area contributed by atoms with Gasteiger partial charge in [0.05, 0.1) is 0 Å². The number of carboxylic acid groups (broad SMARTS) is 1. The number of aliphatic carboxylic acids is 1. The summed E-state index contributed by atoms with van der Waals surface area (Å²) < 4.78 is 0. The summed E-state index contributed by atoms with van der Waals surface area (Å²) in [6.45, 7) is 6.32. The first kappa shape index (κ1) is 15.0. The summed E-state index contributed by atoms with van der Waals surface area (Å²) in [5.74, 6) is -1.37. The fourth-order valence-corrected chi connectivity index (χ4v) is 2.42. The number of amides is 1. The minimum Gasteiger partial charge on any atom is -0.480 e. The summed E-state index contributed by atoms with van der Waals surface area (Å²) in [6.07, 6.45) is 2.55. The Morgan fingerprint density at radius 2 is 1.94 bits per heavy atom. The van der Waals surface area contributed by atoms with E-state index < -0.39 is 11.4 Å². The Morgan fingerprint density at radius 1 is 1.33 bits per heavy atom. The third-order valence-electron chi connectivity index (χ3n) is 4.05. The Bertz CT molecular complexity index is 305. The monoisotopic (exact) mass is 256 g/mol. The Hall–Kier alpha value is -1.10. The van der Waals surface area contributed by atoms with Crippen molar-refractivity contribution in [3.05, 3.63) is 0 Å². The van der Waals surface area contributed by atoms with E-state index in [1.807, 2.05) is 0 Å². The van der Waals surface area contributed by atoms with Crippen LogP contribution in [-0.2, 0) is 9.59 Å². The Balaban J connectivity index is 2.65. The number of rotatable bonds is 5. The van der Waals surface area contributed by atoms with E-state index >= 15 is 0 Å². The smallest absolute Gasteiger partial charge is 0.319 e. The second kappa shape index (κ2) is 6.18. The summed E-state index contributed by atoms with van der Waals surface area (Å²) in [5, 5.41) is 15.5. The van der Waals surface area contributed by atoms with Crippen LogP contribution in [0.4, 0.5) is 0 Å². The van der Waals surface area contributed by atoms with Gasteiger partial charge in [-0.25, -0.2) is 0 Å². The maximum absolute atomic E-state index is 12.2.